The topological polar surface area (TPSA) is 61.8 Å². The molecule has 0 aliphatic rings. The summed E-state index contributed by atoms with van der Waals surface area (Å²) in [5.74, 6) is -1.59. The van der Waals surface area contributed by atoms with Crippen molar-refractivity contribution in [3.05, 3.63) is 28.2 Å². The monoisotopic (exact) mass is 330 g/mol. The largest absolute Gasteiger partial charge is 0.497 e. The van der Waals surface area contributed by atoms with Crippen LogP contribution in [0.4, 0.5) is 0 Å². The molecule has 6 heteroatoms. The Morgan fingerprint density at radius 2 is 1.74 bits per heavy atom. The second-order valence-electron chi connectivity index (χ2n) is 3.76. The van der Waals surface area contributed by atoms with E-state index in [4.69, 9.17) is 4.74 Å². The Bertz CT molecular complexity index is 456. The van der Waals surface area contributed by atoms with Crippen molar-refractivity contribution in [2.24, 2.45) is 5.92 Å². The molecule has 0 unspecified atom stereocenters. The lowest BCUT2D eigenvalue weighted by atomic mass is 9.99. The fourth-order valence-corrected chi connectivity index (χ4v) is 2.01. The van der Waals surface area contributed by atoms with E-state index in [2.05, 4.69) is 25.4 Å². The van der Waals surface area contributed by atoms with E-state index >= 15 is 0 Å². The van der Waals surface area contributed by atoms with Gasteiger partial charge in [-0.1, -0.05) is 15.9 Å². The number of methoxy groups -OCH3 is 3. The second kappa shape index (κ2) is 7.13. The van der Waals surface area contributed by atoms with Crippen LogP contribution in [0.15, 0.2) is 22.7 Å². The third kappa shape index (κ3) is 3.96. The molecule has 0 heterocycles. The predicted octanol–water partition coefficient (Wildman–Crippen LogP) is 1.96. The molecule has 0 aliphatic carbocycles. The lowest BCUT2D eigenvalue weighted by Crippen LogP contribution is -2.28. The molecule has 0 saturated carbocycles. The number of hydrogen-bond donors (Lipinski definition) is 0. The van der Waals surface area contributed by atoms with Crippen LogP contribution in [0.25, 0.3) is 0 Å². The van der Waals surface area contributed by atoms with Gasteiger partial charge in [-0.2, -0.15) is 0 Å². The van der Waals surface area contributed by atoms with E-state index in [1.165, 1.54) is 14.2 Å². The molecule has 1 rings (SSSR count). The van der Waals surface area contributed by atoms with Crippen LogP contribution in [-0.4, -0.2) is 33.3 Å². The average Bonchev–Trinajstić information content (AvgIpc) is 2.44. The quantitative estimate of drug-likeness (QED) is 0.610. The summed E-state index contributed by atoms with van der Waals surface area (Å²) in [6.07, 6.45) is 0.178. The van der Waals surface area contributed by atoms with Gasteiger partial charge in [-0.05, 0) is 30.2 Å². The SMILES string of the molecule is COC(=O)C(Cc1cc(OC)ccc1Br)C(=O)OC. The van der Waals surface area contributed by atoms with Gasteiger partial charge in [0.25, 0.3) is 0 Å². The molecule has 0 aromatic heterocycles. The molecule has 104 valence electrons. The number of benzene rings is 1. The van der Waals surface area contributed by atoms with Crippen LogP contribution in [0.3, 0.4) is 0 Å². The highest BCUT2D eigenvalue weighted by molar-refractivity contribution is 9.10. The zero-order chi connectivity index (χ0) is 14.4. The molecule has 0 aliphatic heterocycles. The van der Waals surface area contributed by atoms with Crippen LogP contribution in [0.1, 0.15) is 5.56 Å². The lowest BCUT2D eigenvalue weighted by molar-refractivity contribution is -0.158. The summed E-state index contributed by atoms with van der Waals surface area (Å²) in [5, 5.41) is 0. The number of hydrogen-bond acceptors (Lipinski definition) is 5. The van der Waals surface area contributed by atoms with Gasteiger partial charge in [0, 0.05) is 4.47 Å². The normalized spacial score (nSPS) is 10.2. The smallest absolute Gasteiger partial charge is 0.320 e. The number of carbonyl (C=O) groups is 2. The Hall–Kier alpha value is -1.56. The lowest BCUT2D eigenvalue weighted by Gasteiger charge is -2.14. The maximum Gasteiger partial charge on any atom is 0.320 e. The number of rotatable bonds is 5. The molecule has 19 heavy (non-hydrogen) atoms. The second-order valence-corrected chi connectivity index (χ2v) is 4.61. The van der Waals surface area contributed by atoms with E-state index in [0.29, 0.717) is 5.75 Å². The number of carbonyl (C=O) groups excluding carboxylic acids is 2. The zero-order valence-electron chi connectivity index (χ0n) is 10.9. The van der Waals surface area contributed by atoms with Crippen LogP contribution in [0.5, 0.6) is 5.75 Å². The van der Waals surface area contributed by atoms with Gasteiger partial charge in [0.1, 0.15) is 5.75 Å². The molecular weight excluding hydrogens is 316 g/mol. The van der Waals surface area contributed by atoms with Gasteiger partial charge in [-0.3, -0.25) is 9.59 Å². The van der Waals surface area contributed by atoms with Gasteiger partial charge in [0.2, 0.25) is 0 Å². The minimum absolute atomic E-state index is 0.178. The minimum Gasteiger partial charge on any atom is -0.497 e. The molecule has 0 atom stereocenters. The van der Waals surface area contributed by atoms with E-state index in [1.807, 2.05) is 0 Å². The van der Waals surface area contributed by atoms with Crippen LogP contribution >= 0.6 is 15.9 Å². The first-order chi connectivity index (χ1) is 9.03. The van der Waals surface area contributed by atoms with Crippen LogP contribution < -0.4 is 4.74 Å². The Balaban J connectivity index is 3.02. The first kappa shape index (κ1) is 15.5. The van der Waals surface area contributed by atoms with Gasteiger partial charge < -0.3 is 14.2 Å². The van der Waals surface area contributed by atoms with Crippen molar-refractivity contribution in [2.45, 2.75) is 6.42 Å². The van der Waals surface area contributed by atoms with Gasteiger partial charge in [-0.15, -0.1) is 0 Å². The first-order valence-corrected chi connectivity index (χ1v) is 6.30. The predicted molar refractivity (Wildman–Crippen MR) is 71.9 cm³/mol. The molecule has 1 aromatic carbocycles. The Labute approximate surface area is 120 Å². The Morgan fingerprint density at radius 1 is 1.16 bits per heavy atom. The van der Waals surface area contributed by atoms with Gasteiger partial charge in [0.05, 0.1) is 21.3 Å². The summed E-state index contributed by atoms with van der Waals surface area (Å²) in [6.45, 7) is 0. The maximum absolute atomic E-state index is 11.6. The molecular formula is C13H15BrO5. The fourth-order valence-electron chi connectivity index (χ4n) is 1.60. The first-order valence-electron chi connectivity index (χ1n) is 5.51. The number of esters is 2. The van der Waals surface area contributed by atoms with Crippen molar-refractivity contribution in [3.8, 4) is 5.75 Å². The molecule has 0 amide bonds. The average molecular weight is 331 g/mol. The highest BCUT2D eigenvalue weighted by atomic mass is 79.9. The van der Waals surface area contributed by atoms with Crippen molar-refractivity contribution < 1.29 is 23.8 Å². The minimum atomic E-state index is -0.988. The maximum atomic E-state index is 11.6. The standard InChI is InChI=1S/C13H15BrO5/c1-17-9-4-5-11(14)8(6-9)7-10(12(15)18-2)13(16)19-3/h4-6,10H,7H2,1-3H3. The molecule has 1 aromatic rings. The molecule has 0 spiro atoms. The zero-order valence-corrected chi connectivity index (χ0v) is 12.5. The van der Waals surface area contributed by atoms with E-state index in [9.17, 15) is 9.59 Å². The molecule has 0 N–H and O–H groups in total. The molecule has 5 nitrogen and oxygen atoms in total. The summed E-state index contributed by atoms with van der Waals surface area (Å²) in [5.41, 5.74) is 0.764. The van der Waals surface area contributed by atoms with Crippen molar-refractivity contribution >= 4 is 27.9 Å². The van der Waals surface area contributed by atoms with Crippen molar-refractivity contribution in [1.29, 1.82) is 0 Å². The van der Waals surface area contributed by atoms with Crippen LogP contribution in [0.2, 0.25) is 0 Å². The number of ether oxygens (including phenoxy) is 3. The van der Waals surface area contributed by atoms with E-state index in [1.54, 1.807) is 25.3 Å². The van der Waals surface area contributed by atoms with Crippen LogP contribution in [0, 0.1) is 5.92 Å². The molecule has 0 saturated heterocycles. The molecule has 0 radical (unpaired) electrons. The van der Waals surface area contributed by atoms with E-state index in [0.717, 1.165) is 10.0 Å². The summed E-state index contributed by atoms with van der Waals surface area (Å²) in [7, 11) is 4.02. The van der Waals surface area contributed by atoms with Crippen molar-refractivity contribution in [2.75, 3.05) is 21.3 Å². The fraction of sp³-hybridized carbons (Fsp3) is 0.385. The highest BCUT2D eigenvalue weighted by Crippen LogP contribution is 2.25. The van der Waals surface area contributed by atoms with E-state index < -0.39 is 17.9 Å². The summed E-state index contributed by atoms with van der Waals surface area (Å²) >= 11 is 3.37. The Kier molecular flexibility index (Phi) is 5.82. The summed E-state index contributed by atoms with van der Waals surface area (Å²) < 4.78 is 15.1. The summed E-state index contributed by atoms with van der Waals surface area (Å²) in [6, 6.07) is 5.32. The van der Waals surface area contributed by atoms with Gasteiger partial charge in [-0.25, -0.2) is 0 Å². The van der Waals surface area contributed by atoms with Gasteiger partial charge in [0.15, 0.2) is 5.92 Å². The number of halogens is 1. The van der Waals surface area contributed by atoms with Crippen LogP contribution in [-0.2, 0) is 25.5 Å². The third-order valence-corrected chi connectivity index (χ3v) is 3.42. The molecule has 0 bridgehead atoms. The third-order valence-electron chi connectivity index (χ3n) is 2.65. The van der Waals surface area contributed by atoms with E-state index in [-0.39, 0.29) is 6.42 Å². The molecule has 0 fully saturated rings. The summed E-state index contributed by atoms with van der Waals surface area (Å²) in [4.78, 5) is 23.2. The highest BCUT2D eigenvalue weighted by Gasteiger charge is 2.29. The Morgan fingerprint density at radius 3 is 2.21 bits per heavy atom. The van der Waals surface area contributed by atoms with Gasteiger partial charge >= 0.3 is 11.9 Å². The van der Waals surface area contributed by atoms with Crippen molar-refractivity contribution in [1.82, 2.24) is 0 Å². The van der Waals surface area contributed by atoms with Crippen molar-refractivity contribution in [3.63, 3.8) is 0 Å².